The number of fused-ring (bicyclic) bond motifs is 1. The summed E-state index contributed by atoms with van der Waals surface area (Å²) in [5, 5.41) is 9.39. The third-order valence-corrected chi connectivity index (χ3v) is 3.97. The first-order chi connectivity index (χ1) is 9.83. The second-order valence-electron chi connectivity index (χ2n) is 5.46. The number of nitrogens with one attached hydrogen (secondary N) is 2. The lowest BCUT2D eigenvalue weighted by Gasteiger charge is -2.14. The van der Waals surface area contributed by atoms with Crippen LogP contribution in [-0.4, -0.2) is 14.3 Å². The van der Waals surface area contributed by atoms with Crippen molar-refractivity contribution in [2.75, 3.05) is 12.4 Å². The molecule has 0 aliphatic heterocycles. The van der Waals surface area contributed by atoms with Gasteiger partial charge in [-0.25, -0.2) is 0 Å². The van der Waals surface area contributed by atoms with Crippen LogP contribution in [0.5, 0.6) is 0 Å². The SMILES string of the molecule is CB/C(=C/NC)Nc1ccc(C2CC2)c2ccccc12. The molecule has 102 valence electrons. The van der Waals surface area contributed by atoms with Gasteiger partial charge in [-0.3, -0.25) is 0 Å². The van der Waals surface area contributed by atoms with Crippen molar-refractivity contribution in [3.05, 3.63) is 53.8 Å². The molecule has 0 radical (unpaired) electrons. The zero-order valence-corrected chi connectivity index (χ0v) is 12.2. The fraction of sp³-hybridized carbons (Fsp3) is 0.294. The number of hydrogen-bond acceptors (Lipinski definition) is 2. The molecular weight excluding hydrogens is 243 g/mol. The van der Waals surface area contributed by atoms with Crippen molar-refractivity contribution in [3.63, 3.8) is 0 Å². The minimum atomic E-state index is 0.785. The van der Waals surface area contributed by atoms with Gasteiger partial charge in [0.25, 0.3) is 0 Å². The minimum absolute atomic E-state index is 0.785. The van der Waals surface area contributed by atoms with E-state index in [2.05, 4.69) is 53.9 Å². The fourth-order valence-electron chi connectivity index (χ4n) is 2.76. The van der Waals surface area contributed by atoms with Crippen LogP contribution in [0.1, 0.15) is 24.3 Å². The Labute approximate surface area is 121 Å². The Kier molecular flexibility index (Phi) is 3.68. The van der Waals surface area contributed by atoms with Gasteiger partial charge in [-0.2, -0.15) is 0 Å². The van der Waals surface area contributed by atoms with Crippen LogP contribution in [0.2, 0.25) is 6.82 Å². The predicted molar refractivity (Wildman–Crippen MR) is 89.7 cm³/mol. The third kappa shape index (κ3) is 2.53. The van der Waals surface area contributed by atoms with Gasteiger partial charge in [0.2, 0.25) is 0 Å². The molecule has 1 fully saturated rings. The molecule has 0 saturated heterocycles. The number of hydrogen-bond donors (Lipinski definition) is 2. The number of benzene rings is 2. The molecule has 0 spiro atoms. The van der Waals surface area contributed by atoms with E-state index in [1.165, 1.54) is 40.5 Å². The molecule has 1 saturated carbocycles. The summed E-state index contributed by atoms with van der Waals surface area (Å²) >= 11 is 0. The van der Waals surface area contributed by atoms with Gasteiger partial charge in [-0.15, -0.1) is 0 Å². The number of rotatable bonds is 5. The van der Waals surface area contributed by atoms with Gasteiger partial charge in [-0.05, 0) is 41.4 Å². The summed E-state index contributed by atoms with van der Waals surface area (Å²) in [6, 6.07) is 13.3. The molecule has 2 nitrogen and oxygen atoms in total. The van der Waals surface area contributed by atoms with Crippen molar-refractivity contribution in [1.82, 2.24) is 5.32 Å². The van der Waals surface area contributed by atoms with Crippen LogP contribution in [0.3, 0.4) is 0 Å². The van der Waals surface area contributed by atoms with E-state index in [9.17, 15) is 0 Å². The molecule has 3 rings (SSSR count). The summed E-state index contributed by atoms with van der Waals surface area (Å²) in [6.45, 7) is 2.16. The van der Waals surface area contributed by atoms with Gasteiger partial charge in [0.05, 0.1) is 0 Å². The Hall–Kier alpha value is -1.90. The normalized spacial score (nSPS) is 15.2. The standard InChI is InChI=1S/C17H21BN2/c1-18-17(11-19-2)20-16-10-9-13(12-7-8-12)14-5-3-4-6-15(14)16/h3-6,9-12,18-20H,7-8H2,1-2H3/b17-11-. The lowest BCUT2D eigenvalue weighted by atomic mass is 9.78. The molecule has 0 unspecified atom stereocenters. The van der Waals surface area contributed by atoms with E-state index in [0.717, 1.165) is 13.2 Å². The Morgan fingerprint density at radius 1 is 1.15 bits per heavy atom. The van der Waals surface area contributed by atoms with Gasteiger partial charge in [0.15, 0.2) is 7.28 Å². The molecule has 0 amide bonds. The van der Waals surface area contributed by atoms with E-state index in [-0.39, 0.29) is 0 Å². The maximum Gasteiger partial charge on any atom is 0.177 e. The molecule has 2 aromatic rings. The van der Waals surface area contributed by atoms with E-state index in [0.29, 0.717) is 0 Å². The first-order valence-electron chi connectivity index (χ1n) is 7.48. The molecule has 1 aliphatic carbocycles. The lowest BCUT2D eigenvalue weighted by molar-refractivity contribution is 1.09. The average molecular weight is 264 g/mol. The zero-order valence-electron chi connectivity index (χ0n) is 12.2. The van der Waals surface area contributed by atoms with E-state index < -0.39 is 0 Å². The highest BCUT2D eigenvalue weighted by Crippen LogP contribution is 2.44. The van der Waals surface area contributed by atoms with Crippen molar-refractivity contribution in [3.8, 4) is 0 Å². The van der Waals surface area contributed by atoms with Crippen LogP contribution < -0.4 is 10.6 Å². The van der Waals surface area contributed by atoms with Crippen LogP contribution in [0, 0.1) is 0 Å². The first kappa shape index (κ1) is 13.1. The topological polar surface area (TPSA) is 24.1 Å². The molecule has 3 heteroatoms. The highest BCUT2D eigenvalue weighted by Gasteiger charge is 2.25. The Balaban J connectivity index is 2.03. The van der Waals surface area contributed by atoms with E-state index in [1.54, 1.807) is 0 Å². The van der Waals surface area contributed by atoms with E-state index in [4.69, 9.17) is 0 Å². The quantitative estimate of drug-likeness (QED) is 0.806. The fourth-order valence-corrected chi connectivity index (χ4v) is 2.76. The molecule has 20 heavy (non-hydrogen) atoms. The Morgan fingerprint density at radius 2 is 1.90 bits per heavy atom. The van der Waals surface area contributed by atoms with Gasteiger partial charge >= 0.3 is 0 Å². The number of anilines is 1. The summed E-state index contributed by atoms with van der Waals surface area (Å²) in [4.78, 5) is 0. The van der Waals surface area contributed by atoms with Crippen LogP contribution in [-0.2, 0) is 0 Å². The van der Waals surface area contributed by atoms with Crippen LogP contribution in [0.25, 0.3) is 10.8 Å². The average Bonchev–Trinajstić information content (AvgIpc) is 3.31. The zero-order chi connectivity index (χ0) is 13.9. The molecular formula is C17H21BN2. The van der Waals surface area contributed by atoms with Gasteiger partial charge < -0.3 is 10.6 Å². The van der Waals surface area contributed by atoms with Crippen molar-refractivity contribution in [2.24, 2.45) is 0 Å². The summed E-state index contributed by atoms with van der Waals surface area (Å²) in [7, 11) is 2.92. The van der Waals surface area contributed by atoms with Crippen molar-refractivity contribution >= 4 is 23.7 Å². The Bertz CT molecular complexity index is 644. The van der Waals surface area contributed by atoms with Crippen LogP contribution in [0.4, 0.5) is 5.69 Å². The van der Waals surface area contributed by atoms with Crippen LogP contribution >= 0.6 is 0 Å². The second-order valence-corrected chi connectivity index (χ2v) is 5.46. The minimum Gasteiger partial charge on any atom is -0.393 e. The highest BCUT2D eigenvalue weighted by atomic mass is 14.9. The summed E-state index contributed by atoms with van der Waals surface area (Å²) in [5.74, 6) is 0.785. The lowest BCUT2D eigenvalue weighted by Crippen LogP contribution is -2.09. The molecule has 2 N–H and O–H groups in total. The largest absolute Gasteiger partial charge is 0.393 e. The maximum absolute atomic E-state index is 3.56. The molecule has 0 heterocycles. The van der Waals surface area contributed by atoms with Crippen molar-refractivity contribution < 1.29 is 0 Å². The smallest absolute Gasteiger partial charge is 0.177 e. The second kappa shape index (κ2) is 5.62. The third-order valence-electron chi connectivity index (χ3n) is 3.97. The summed E-state index contributed by atoms with van der Waals surface area (Å²) in [5.41, 5.74) is 3.92. The predicted octanol–water partition coefficient (Wildman–Crippen LogP) is 3.63. The van der Waals surface area contributed by atoms with E-state index in [1.807, 2.05) is 13.2 Å². The first-order valence-corrected chi connectivity index (χ1v) is 7.48. The Morgan fingerprint density at radius 3 is 2.55 bits per heavy atom. The maximum atomic E-state index is 3.56. The summed E-state index contributed by atoms with van der Waals surface area (Å²) in [6.07, 6.45) is 4.72. The van der Waals surface area contributed by atoms with Gasteiger partial charge in [0.1, 0.15) is 0 Å². The molecule has 0 aromatic heterocycles. The monoisotopic (exact) mass is 264 g/mol. The van der Waals surface area contributed by atoms with Crippen LogP contribution in [0.15, 0.2) is 48.2 Å². The van der Waals surface area contributed by atoms with Gasteiger partial charge in [0, 0.05) is 24.3 Å². The van der Waals surface area contributed by atoms with Gasteiger partial charge in [-0.1, -0.05) is 37.2 Å². The molecule has 0 atom stereocenters. The highest BCUT2D eigenvalue weighted by molar-refractivity contribution is 6.44. The molecule has 0 bridgehead atoms. The molecule has 1 aliphatic rings. The summed E-state index contributed by atoms with van der Waals surface area (Å²) < 4.78 is 0. The van der Waals surface area contributed by atoms with Crippen molar-refractivity contribution in [1.29, 1.82) is 0 Å². The molecule has 2 aromatic carbocycles. The van der Waals surface area contributed by atoms with E-state index >= 15 is 0 Å². The van der Waals surface area contributed by atoms with Crippen molar-refractivity contribution in [2.45, 2.75) is 25.6 Å².